The number of anilines is 3. The van der Waals surface area contributed by atoms with Crippen LogP contribution in [-0.2, 0) is 0 Å². The number of amides is 2. The van der Waals surface area contributed by atoms with Gasteiger partial charge in [0.15, 0.2) is 11.6 Å². The van der Waals surface area contributed by atoms with E-state index in [-0.39, 0.29) is 17.2 Å². The number of carbonyl (C=O) groups excluding carboxylic acids is 1. The van der Waals surface area contributed by atoms with Crippen LogP contribution in [-0.4, -0.2) is 16.2 Å². The summed E-state index contributed by atoms with van der Waals surface area (Å²) in [7, 11) is 0. The van der Waals surface area contributed by atoms with E-state index in [0.717, 1.165) is 5.69 Å². The highest BCUT2D eigenvalue weighted by molar-refractivity contribution is 6.01. The number of benzene rings is 2. The molecule has 0 aliphatic carbocycles. The van der Waals surface area contributed by atoms with Crippen molar-refractivity contribution in [3.8, 4) is 17.2 Å². The zero-order valence-corrected chi connectivity index (χ0v) is 11.4. The fourth-order valence-electron chi connectivity index (χ4n) is 2.01. The number of rotatable bonds is 2. The van der Waals surface area contributed by atoms with Crippen LogP contribution in [0.1, 0.15) is 0 Å². The normalized spacial score (nSPS) is 12.1. The molecule has 112 valence electrons. The van der Waals surface area contributed by atoms with E-state index in [0.29, 0.717) is 17.3 Å². The van der Waals surface area contributed by atoms with Gasteiger partial charge in [-0.05, 0) is 30.8 Å². The molecule has 2 aromatic carbocycles. The predicted molar refractivity (Wildman–Crippen MR) is 82.2 cm³/mol. The van der Waals surface area contributed by atoms with E-state index in [1.807, 2.05) is 0 Å². The smallest absolute Gasteiger partial charge is 0.323 e. The first-order valence-electron chi connectivity index (χ1n) is 6.39. The molecular weight excluding hydrogens is 286 g/mol. The molecule has 1 heterocycles. The summed E-state index contributed by atoms with van der Waals surface area (Å²) in [5.41, 5.74) is 1.37. The molecular formula is C15H13N3O4. The minimum Gasteiger partial charge on any atom is -0.508 e. The predicted octanol–water partition coefficient (Wildman–Crippen LogP) is 3.02. The molecule has 0 radical (unpaired) electrons. The second kappa shape index (κ2) is 5.21. The average molecular weight is 299 g/mol. The van der Waals surface area contributed by atoms with Crippen molar-refractivity contribution in [1.82, 2.24) is 0 Å². The largest absolute Gasteiger partial charge is 0.508 e. The maximum atomic E-state index is 11.9. The maximum Gasteiger partial charge on any atom is 0.323 e. The fourth-order valence-corrected chi connectivity index (χ4v) is 2.01. The molecule has 0 saturated carbocycles. The van der Waals surface area contributed by atoms with Crippen molar-refractivity contribution in [3.05, 3.63) is 48.9 Å². The van der Waals surface area contributed by atoms with Gasteiger partial charge in [-0.15, -0.1) is 0 Å². The third kappa shape index (κ3) is 2.73. The zero-order chi connectivity index (χ0) is 15.7. The van der Waals surface area contributed by atoms with Gasteiger partial charge < -0.3 is 30.9 Å². The van der Waals surface area contributed by atoms with Gasteiger partial charge in [0.25, 0.3) is 0 Å². The minimum absolute atomic E-state index is 0.0661. The molecule has 0 atom stereocenters. The number of carbonyl (C=O) groups is 1. The summed E-state index contributed by atoms with van der Waals surface area (Å²) in [6.45, 7) is 3.65. The lowest BCUT2D eigenvalue weighted by atomic mass is 10.2. The second-order valence-electron chi connectivity index (χ2n) is 4.64. The number of urea groups is 1. The van der Waals surface area contributed by atoms with Gasteiger partial charge in [0.1, 0.15) is 11.5 Å². The molecule has 0 bridgehead atoms. The van der Waals surface area contributed by atoms with Crippen LogP contribution in [0.15, 0.2) is 48.9 Å². The molecule has 0 spiro atoms. The Bertz CT molecular complexity index is 773. The zero-order valence-electron chi connectivity index (χ0n) is 11.4. The number of nitrogens with one attached hydrogen (secondary N) is 3. The molecule has 2 amide bonds. The second-order valence-corrected chi connectivity index (χ2v) is 4.64. The van der Waals surface area contributed by atoms with E-state index < -0.39 is 6.03 Å². The average Bonchev–Trinajstić information content (AvgIpc) is 2.82. The lowest BCUT2D eigenvalue weighted by Gasteiger charge is -2.10. The van der Waals surface area contributed by atoms with E-state index in [1.165, 1.54) is 18.2 Å². The van der Waals surface area contributed by atoms with Crippen molar-refractivity contribution in [3.63, 3.8) is 0 Å². The Morgan fingerprint density at radius 1 is 1.14 bits per heavy atom. The fraction of sp³-hybridized carbons (Fsp3) is 0. The minimum atomic E-state index is -0.564. The Labute approximate surface area is 125 Å². The third-order valence-electron chi connectivity index (χ3n) is 2.98. The molecule has 3 rings (SSSR count). The topological polar surface area (TPSA) is 103 Å². The molecule has 5 N–H and O–H groups in total. The van der Waals surface area contributed by atoms with Crippen LogP contribution in [0.2, 0.25) is 0 Å². The van der Waals surface area contributed by atoms with Gasteiger partial charge in [-0.3, -0.25) is 0 Å². The number of phenolic OH excluding ortho intramolecular Hbond substituents is 2. The SMILES string of the molecule is C=C1Nc2ccc(NC(=O)Nc3cc(O)ccc3O)cc2O1. The number of hydrogen-bond donors (Lipinski definition) is 5. The van der Waals surface area contributed by atoms with Crippen molar-refractivity contribution in [2.45, 2.75) is 0 Å². The summed E-state index contributed by atoms with van der Waals surface area (Å²) in [4.78, 5) is 11.9. The van der Waals surface area contributed by atoms with Crippen LogP contribution in [0.4, 0.5) is 21.9 Å². The van der Waals surface area contributed by atoms with Gasteiger partial charge in [-0.25, -0.2) is 4.79 Å². The number of phenols is 2. The van der Waals surface area contributed by atoms with Gasteiger partial charge in [-0.1, -0.05) is 0 Å². The van der Waals surface area contributed by atoms with Gasteiger partial charge in [0, 0.05) is 17.8 Å². The summed E-state index contributed by atoms with van der Waals surface area (Å²) in [6.07, 6.45) is 0. The molecule has 2 aromatic rings. The molecule has 22 heavy (non-hydrogen) atoms. The van der Waals surface area contributed by atoms with E-state index in [2.05, 4.69) is 22.5 Å². The first kappa shape index (κ1) is 13.6. The maximum absolute atomic E-state index is 11.9. The highest BCUT2D eigenvalue weighted by Gasteiger charge is 2.16. The molecule has 0 fully saturated rings. The lowest BCUT2D eigenvalue weighted by molar-refractivity contribution is 0.262. The molecule has 0 unspecified atom stereocenters. The van der Waals surface area contributed by atoms with Crippen LogP contribution >= 0.6 is 0 Å². The quantitative estimate of drug-likeness (QED) is 0.433. The van der Waals surface area contributed by atoms with Crippen molar-refractivity contribution >= 4 is 23.1 Å². The Morgan fingerprint density at radius 2 is 1.95 bits per heavy atom. The number of ether oxygens (including phenoxy) is 1. The van der Waals surface area contributed by atoms with Gasteiger partial charge in [0.05, 0.1) is 11.4 Å². The highest BCUT2D eigenvalue weighted by atomic mass is 16.5. The Balaban J connectivity index is 1.71. The number of hydrogen-bond acceptors (Lipinski definition) is 5. The van der Waals surface area contributed by atoms with Crippen LogP contribution < -0.4 is 20.7 Å². The Hall–Kier alpha value is -3.35. The van der Waals surface area contributed by atoms with Gasteiger partial charge in [-0.2, -0.15) is 0 Å². The van der Waals surface area contributed by atoms with E-state index in [4.69, 9.17) is 4.74 Å². The Kier molecular flexibility index (Phi) is 3.23. The van der Waals surface area contributed by atoms with Gasteiger partial charge in [0.2, 0.25) is 0 Å². The summed E-state index contributed by atoms with van der Waals surface area (Å²) >= 11 is 0. The standard InChI is InChI=1S/C15H13N3O4/c1-8-16-11-4-2-9(6-14(11)22-8)17-15(21)18-12-7-10(19)3-5-13(12)20/h2-7,16,19-20H,1H2,(H2,17,18,21). The van der Waals surface area contributed by atoms with Crippen LogP contribution in [0.3, 0.4) is 0 Å². The molecule has 0 aromatic heterocycles. The monoisotopic (exact) mass is 299 g/mol. The van der Waals surface area contributed by atoms with Crippen molar-refractivity contribution < 1.29 is 19.7 Å². The Morgan fingerprint density at radius 3 is 2.77 bits per heavy atom. The van der Waals surface area contributed by atoms with Crippen molar-refractivity contribution in [2.24, 2.45) is 0 Å². The first-order chi connectivity index (χ1) is 10.5. The van der Waals surface area contributed by atoms with E-state index in [9.17, 15) is 15.0 Å². The molecule has 1 aliphatic rings. The first-order valence-corrected chi connectivity index (χ1v) is 6.39. The third-order valence-corrected chi connectivity index (χ3v) is 2.98. The number of aromatic hydroxyl groups is 2. The molecule has 0 saturated heterocycles. The summed E-state index contributed by atoms with van der Waals surface area (Å²) in [5.74, 6) is 0.763. The van der Waals surface area contributed by atoms with Crippen molar-refractivity contribution in [2.75, 3.05) is 16.0 Å². The van der Waals surface area contributed by atoms with Crippen LogP contribution in [0.25, 0.3) is 0 Å². The van der Waals surface area contributed by atoms with Crippen molar-refractivity contribution in [1.29, 1.82) is 0 Å². The molecule has 7 heteroatoms. The summed E-state index contributed by atoms with van der Waals surface area (Å²) < 4.78 is 5.33. The highest BCUT2D eigenvalue weighted by Crippen LogP contribution is 2.35. The van der Waals surface area contributed by atoms with Gasteiger partial charge >= 0.3 is 6.03 Å². The molecule has 1 aliphatic heterocycles. The summed E-state index contributed by atoms with van der Waals surface area (Å²) in [6, 6.07) is 8.36. The summed E-state index contributed by atoms with van der Waals surface area (Å²) in [5, 5.41) is 26.9. The van der Waals surface area contributed by atoms with E-state index >= 15 is 0 Å². The van der Waals surface area contributed by atoms with Crippen LogP contribution in [0.5, 0.6) is 17.2 Å². The molecule has 7 nitrogen and oxygen atoms in total. The van der Waals surface area contributed by atoms with Crippen LogP contribution in [0, 0.1) is 0 Å². The lowest BCUT2D eigenvalue weighted by Crippen LogP contribution is -2.19. The van der Waals surface area contributed by atoms with E-state index in [1.54, 1.807) is 18.2 Å². The number of fused-ring (bicyclic) bond motifs is 1.